The fourth-order valence-electron chi connectivity index (χ4n) is 2.86. The molecule has 2 N–H and O–H groups in total. The summed E-state index contributed by atoms with van der Waals surface area (Å²) in [5, 5.41) is 11.3. The summed E-state index contributed by atoms with van der Waals surface area (Å²) in [5.74, 6) is -0.609. The number of aryl methyl sites for hydroxylation is 1. The topological polar surface area (TPSA) is 88.5 Å². The van der Waals surface area contributed by atoms with Gasteiger partial charge in [-0.2, -0.15) is 5.10 Å². The van der Waals surface area contributed by atoms with Crippen LogP contribution in [0.1, 0.15) is 45.9 Å². The normalized spacial score (nSPS) is 10.6. The number of nitrogens with one attached hydrogen (secondary N) is 2. The Morgan fingerprint density at radius 2 is 2.07 bits per heavy atom. The van der Waals surface area contributed by atoms with E-state index in [2.05, 4.69) is 31.7 Å². The number of thiophene rings is 1. The van der Waals surface area contributed by atoms with E-state index in [-0.39, 0.29) is 5.91 Å². The predicted octanol–water partition coefficient (Wildman–Crippen LogP) is 3.66. The Hall–Kier alpha value is -1.98. The lowest BCUT2D eigenvalue weighted by molar-refractivity contribution is 0.0601. The minimum Gasteiger partial charge on any atom is -0.465 e. The second-order valence-electron chi connectivity index (χ2n) is 6.39. The molecular formula is C19H26BrN5O3S2. The highest BCUT2D eigenvalue weighted by Gasteiger charge is 2.27. The molecule has 1 amide bonds. The Bertz CT molecular complexity index is 908. The van der Waals surface area contributed by atoms with Crippen molar-refractivity contribution in [2.75, 3.05) is 32.1 Å². The van der Waals surface area contributed by atoms with Crippen molar-refractivity contribution >= 4 is 61.5 Å². The Balaban J connectivity index is 2.07. The number of amides is 1. The van der Waals surface area contributed by atoms with E-state index in [1.807, 2.05) is 24.7 Å². The average molecular weight is 516 g/mol. The molecule has 30 heavy (non-hydrogen) atoms. The number of nitrogens with zero attached hydrogens (tertiary/aromatic N) is 3. The maximum Gasteiger partial charge on any atom is 0.341 e. The molecule has 8 nitrogen and oxygen atoms in total. The number of aromatic nitrogens is 2. The summed E-state index contributed by atoms with van der Waals surface area (Å²) >= 11 is 9.96. The second kappa shape index (κ2) is 11.4. The third kappa shape index (κ3) is 6.02. The summed E-state index contributed by atoms with van der Waals surface area (Å²) in [6.07, 6.45) is 4.46. The van der Waals surface area contributed by atoms with E-state index in [1.54, 1.807) is 18.0 Å². The van der Waals surface area contributed by atoms with Gasteiger partial charge in [-0.1, -0.05) is 0 Å². The highest BCUT2D eigenvalue weighted by atomic mass is 79.9. The van der Waals surface area contributed by atoms with Gasteiger partial charge in [0.15, 0.2) is 5.11 Å². The van der Waals surface area contributed by atoms with Crippen LogP contribution in [0.25, 0.3) is 0 Å². The minimum atomic E-state index is -0.503. The van der Waals surface area contributed by atoms with Gasteiger partial charge in [0, 0.05) is 32.4 Å². The van der Waals surface area contributed by atoms with Gasteiger partial charge in [-0.3, -0.25) is 9.48 Å². The lowest BCUT2D eigenvalue weighted by atomic mass is 10.1. The van der Waals surface area contributed by atoms with Gasteiger partial charge in [0.2, 0.25) is 0 Å². The molecule has 0 aliphatic rings. The van der Waals surface area contributed by atoms with Crippen LogP contribution in [-0.4, -0.2) is 58.4 Å². The van der Waals surface area contributed by atoms with Crippen molar-refractivity contribution in [1.29, 1.82) is 0 Å². The predicted molar refractivity (Wildman–Crippen MR) is 126 cm³/mol. The molecule has 0 spiro atoms. The van der Waals surface area contributed by atoms with Gasteiger partial charge in [0.25, 0.3) is 5.91 Å². The number of ether oxygens (including phenoxy) is 1. The minimum absolute atomic E-state index is 0.107. The highest BCUT2D eigenvalue weighted by Crippen LogP contribution is 2.34. The van der Waals surface area contributed by atoms with Crippen LogP contribution in [0.4, 0.5) is 5.00 Å². The molecule has 0 unspecified atom stereocenters. The second-order valence-corrected chi connectivity index (χ2v) is 8.73. The Kier molecular flexibility index (Phi) is 9.25. The quantitative estimate of drug-likeness (QED) is 0.299. The zero-order chi connectivity index (χ0) is 22.3. The lowest BCUT2D eigenvalue weighted by Crippen LogP contribution is -2.30. The van der Waals surface area contributed by atoms with Crippen LogP contribution < -0.4 is 10.6 Å². The first kappa shape index (κ1) is 24.3. The van der Waals surface area contributed by atoms with Crippen molar-refractivity contribution in [2.24, 2.45) is 0 Å². The molecule has 164 valence electrons. The van der Waals surface area contributed by atoms with Crippen LogP contribution in [0.2, 0.25) is 0 Å². The molecule has 2 heterocycles. The van der Waals surface area contributed by atoms with E-state index in [4.69, 9.17) is 17.0 Å². The number of carbonyl (C=O) groups excluding carboxylic acids is 2. The van der Waals surface area contributed by atoms with Crippen molar-refractivity contribution in [1.82, 2.24) is 20.0 Å². The van der Waals surface area contributed by atoms with Crippen LogP contribution >= 0.6 is 39.5 Å². The van der Waals surface area contributed by atoms with Crippen molar-refractivity contribution < 1.29 is 14.3 Å². The Morgan fingerprint density at radius 1 is 1.37 bits per heavy atom. The number of methoxy groups -OCH3 is 1. The zero-order valence-corrected chi connectivity index (χ0v) is 20.7. The van der Waals surface area contributed by atoms with E-state index in [0.29, 0.717) is 45.8 Å². The fraction of sp³-hybridized carbons (Fsp3) is 0.474. The summed E-state index contributed by atoms with van der Waals surface area (Å²) < 4.78 is 7.70. The molecule has 0 aliphatic carbocycles. The first-order valence-electron chi connectivity index (χ1n) is 9.56. The third-order valence-electron chi connectivity index (χ3n) is 4.46. The molecule has 0 aliphatic heterocycles. The summed E-state index contributed by atoms with van der Waals surface area (Å²) in [6, 6.07) is 0. The van der Waals surface area contributed by atoms with Gasteiger partial charge >= 0.3 is 5.97 Å². The molecule has 2 aromatic heterocycles. The first-order chi connectivity index (χ1) is 14.3. The molecule has 0 saturated carbocycles. The summed E-state index contributed by atoms with van der Waals surface area (Å²) in [5.41, 5.74) is 0.932. The molecule has 0 bridgehead atoms. The molecule has 0 aromatic carbocycles. The number of anilines is 1. The SMILES string of the molecule is CCN(CC)C(=O)c1sc(NC(=S)NCCCn2cc(Br)cn2)c(C(=O)OC)c1C. The van der Waals surface area contributed by atoms with E-state index in [1.165, 1.54) is 18.4 Å². The number of carbonyl (C=O) groups is 2. The van der Waals surface area contributed by atoms with E-state index >= 15 is 0 Å². The van der Waals surface area contributed by atoms with E-state index in [9.17, 15) is 9.59 Å². The Labute approximate surface area is 194 Å². The summed E-state index contributed by atoms with van der Waals surface area (Å²) in [6.45, 7) is 8.16. The number of hydrogen-bond donors (Lipinski definition) is 2. The van der Waals surface area contributed by atoms with Gasteiger partial charge in [-0.15, -0.1) is 11.3 Å². The van der Waals surface area contributed by atoms with Gasteiger partial charge in [0.05, 0.1) is 28.2 Å². The van der Waals surface area contributed by atoms with Gasteiger partial charge in [0.1, 0.15) is 5.00 Å². The van der Waals surface area contributed by atoms with Gasteiger partial charge in [-0.25, -0.2) is 4.79 Å². The number of thiocarbonyl (C=S) groups is 1. The molecule has 2 aromatic rings. The van der Waals surface area contributed by atoms with E-state index < -0.39 is 5.97 Å². The highest BCUT2D eigenvalue weighted by molar-refractivity contribution is 9.10. The zero-order valence-electron chi connectivity index (χ0n) is 17.5. The van der Waals surface area contributed by atoms with Crippen molar-refractivity contribution in [3.8, 4) is 0 Å². The van der Waals surface area contributed by atoms with E-state index in [0.717, 1.165) is 17.4 Å². The number of halogens is 1. The maximum atomic E-state index is 12.8. The number of esters is 1. The van der Waals surface area contributed by atoms with Crippen LogP contribution in [0.3, 0.4) is 0 Å². The van der Waals surface area contributed by atoms with Gasteiger partial charge in [-0.05, 0) is 60.9 Å². The fourth-order valence-corrected chi connectivity index (χ4v) is 4.62. The average Bonchev–Trinajstić information content (AvgIpc) is 3.28. The van der Waals surface area contributed by atoms with Crippen molar-refractivity contribution in [3.05, 3.63) is 32.9 Å². The van der Waals surface area contributed by atoms with Crippen molar-refractivity contribution in [3.63, 3.8) is 0 Å². The molecule has 0 atom stereocenters. The number of hydrogen-bond acceptors (Lipinski definition) is 6. The Morgan fingerprint density at radius 3 is 2.63 bits per heavy atom. The summed E-state index contributed by atoms with van der Waals surface area (Å²) in [4.78, 5) is 27.4. The van der Waals surface area contributed by atoms with Crippen LogP contribution in [0.15, 0.2) is 16.9 Å². The maximum absolute atomic E-state index is 12.8. The molecule has 0 saturated heterocycles. The van der Waals surface area contributed by atoms with Crippen LogP contribution in [0.5, 0.6) is 0 Å². The van der Waals surface area contributed by atoms with Crippen molar-refractivity contribution in [2.45, 2.75) is 33.7 Å². The lowest BCUT2D eigenvalue weighted by Gasteiger charge is -2.17. The van der Waals surface area contributed by atoms with Crippen LogP contribution in [-0.2, 0) is 11.3 Å². The smallest absolute Gasteiger partial charge is 0.341 e. The monoisotopic (exact) mass is 515 g/mol. The first-order valence-corrected chi connectivity index (χ1v) is 11.6. The molecule has 2 rings (SSSR count). The molecule has 0 radical (unpaired) electrons. The largest absolute Gasteiger partial charge is 0.465 e. The third-order valence-corrected chi connectivity index (χ3v) is 6.31. The van der Waals surface area contributed by atoms with Crippen LogP contribution in [0, 0.1) is 6.92 Å². The summed E-state index contributed by atoms with van der Waals surface area (Å²) in [7, 11) is 1.32. The molecule has 0 fully saturated rings. The standard InChI is InChI=1S/C19H26BrN5O3S2/c1-5-24(6-2)17(26)15-12(3)14(18(27)28-4)16(30-15)23-19(29)21-8-7-9-25-11-13(20)10-22-25/h10-11H,5-9H2,1-4H3,(H2,21,23,29). The molecular weight excluding hydrogens is 490 g/mol. The van der Waals surface area contributed by atoms with Gasteiger partial charge < -0.3 is 20.3 Å². The number of rotatable bonds is 9. The molecule has 11 heteroatoms.